The number of hydrogen-bond acceptors (Lipinski definition) is 4. The Kier molecular flexibility index (Phi) is 2.30. The van der Waals surface area contributed by atoms with Gasteiger partial charge in [0.2, 0.25) is 0 Å². The molecule has 0 saturated carbocycles. The van der Waals surface area contributed by atoms with Gasteiger partial charge < -0.3 is 5.73 Å². The smallest absolute Gasteiger partial charge is 0.141 e. The minimum atomic E-state index is 0.372. The largest absolute Gasteiger partial charge is 0.384 e. The van der Waals surface area contributed by atoms with Gasteiger partial charge in [-0.25, -0.2) is 9.97 Å². The molecule has 2 aromatic heterocycles. The molecular weight excluding hydrogens is 188 g/mol. The maximum absolute atomic E-state index is 8.71. The molecule has 0 aliphatic carbocycles. The van der Waals surface area contributed by atoms with Crippen molar-refractivity contribution < 1.29 is 0 Å². The first-order valence-corrected chi connectivity index (χ1v) is 4.39. The zero-order chi connectivity index (χ0) is 10.7. The molecule has 0 atom stereocenters. The summed E-state index contributed by atoms with van der Waals surface area (Å²) in [5, 5.41) is 8.71. The molecule has 0 amide bonds. The van der Waals surface area contributed by atoms with Gasteiger partial charge in [-0.15, -0.1) is 0 Å². The summed E-state index contributed by atoms with van der Waals surface area (Å²) in [6.45, 7) is 0. The predicted octanol–water partition coefficient (Wildman–Crippen LogP) is 1.60. The second-order valence-corrected chi connectivity index (χ2v) is 2.97. The van der Waals surface area contributed by atoms with E-state index in [9.17, 15) is 0 Å². The first-order valence-electron chi connectivity index (χ1n) is 4.39. The Bertz CT molecular complexity index is 528. The zero-order valence-corrected chi connectivity index (χ0v) is 7.88. The summed E-state index contributed by atoms with van der Waals surface area (Å²) in [7, 11) is 0. The molecule has 0 aromatic carbocycles. The van der Waals surface area contributed by atoms with Crippen LogP contribution in [-0.2, 0) is 0 Å². The van der Waals surface area contributed by atoms with Gasteiger partial charge in [-0.05, 0) is 24.3 Å². The van der Waals surface area contributed by atoms with Crippen LogP contribution in [0.1, 0.15) is 5.69 Å². The molecule has 0 bridgehead atoms. The summed E-state index contributed by atoms with van der Waals surface area (Å²) >= 11 is 0. The summed E-state index contributed by atoms with van der Waals surface area (Å²) in [5.74, 6) is 0.441. The van der Waals surface area contributed by atoms with Crippen molar-refractivity contribution in [3.8, 4) is 17.5 Å². The highest BCUT2D eigenvalue weighted by Crippen LogP contribution is 2.15. The summed E-state index contributed by atoms with van der Waals surface area (Å²) in [6.07, 6.45) is 0. The average molecular weight is 196 g/mol. The number of anilines is 1. The molecule has 2 aromatic rings. The van der Waals surface area contributed by atoms with Gasteiger partial charge in [0.15, 0.2) is 0 Å². The highest BCUT2D eigenvalue weighted by Gasteiger charge is 2.01. The molecule has 4 heteroatoms. The van der Waals surface area contributed by atoms with Crippen LogP contribution in [0.15, 0.2) is 36.4 Å². The van der Waals surface area contributed by atoms with Crippen LogP contribution in [-0.4, -0.2) is 9.97 Å². The maximum Gasteiger partial charge on any atom is 0.141 e. The fraction of sp³-hybridized carbons (Fsp3) is 0. The Morgan fingerprint density at radius 2 is 1.67 bits per heavy atom. The lowest BCUT2D eigenvalue weighted by molar-refractivity contribution is 1.22. The first-order chi connectivity index (χ1) is 7.29. The Labute approximate surface area is 87.0 Å². The predicted molar refractivity (Wildman–Crippen MR) is 56.6 cm³/mol. The number of nitrogens with two attached hydrogens (primary N) is 1. The van der Waals surface area contributed by atoms with E-state index < -0.39 is 0 Å². The number of rotatable bonds is 1. The van der Waals surface area contributed by atoms with E-state index in [1.54, 1.807) is 36.4 Å². The SMILES string of the molecule is N#Cc1cccc(-c2cccc(N)n2)n1. The molecule has 2 rings (SSSR count). The van der Waals surface area contributed by atoms with Gasteiger partial charge in [0.1, 0.15) is 17.6 Å². The summed E-state index contributed by atoms with van der Waals surface area (Å²) in [4.78, 5) is 8.25. The van der Waals surface area contributed by atoms with Crippen LogP contribution in [0.4, 0.5) is 5.82 Å². The summed E-state index contributed by atoms with van der Waals surface area (Å²) < 4.78 is 0. The normalized spacial score (nSPS) is 9.53. The highest BCUT2D eigenvalue weighted by molar-refractivity contribution is 5.56. The van der Waals surface area contributed by atoms with Gasteiger partial charge in [0, 0.05) is 0 Å². The number of nitrogen functional groups attached to an aromatic ring is 1. The second kappa shape index (κ2) is 3.76. The van der Waals surface area contributed by atoms with Crippen LogP contribution in [0.2, 0.25) is 0 Å². The molecule has 0 spiro atoms. The molecular formula is C11H8N4. The van der Waals surface area contributed by atoms with Crippen LogP contribution in [0, 0.1) is 11.3 Å². The van der Waals surface area contributed by atoms with Crippen molar-refractivity contribution in [2.45, 2.75) is 0 Å². The van der Waals surface area contributed by atoms with Crippen LogP contribution < -0.4 is 5.73 Å². The Morgan fingerprint density at radius 3 is 2.33 bits per heavy atom. The van der Waals surface area contributed by atoms with Gasteiger partial charge in [0.25, 0.3) is 0 Å². The maximum atomic E-state index is 8.71. The lowest BCUT2D eigenvalue weighted by atomic mass is 10.2. The van der Waals surface area contributed by atoms with Crippen molar-refractivity contribution in [2.75, 3.05) is 5.73 Å². The van der Waals surface area contributed by atoms with Gasteiger partial charge in [-0.1, -0.05) is 12.1 Å². The third kappa shape index (κ3) is 1.92. The number of nitrogens with zero attached hydrogens (tertiary/aromatic N) is 3. The van der Waals surface area contributed by atoms with E-state index in [4.69, 9.17) is 11.0 Å². The van der Waals surface area contributed by atoms with Crippen molar-refractivity contribution in [2.24, 2.45) is 0 Å². The Hall–Kier alpha value is -2.41. The standard InChI is InChI=1S/C11H8N4/c12-7-8-3-1-4-9(14-8)10-5-2-6-11(13)15-10/h1-6H,(H2,13,15). The van der Waals surface area contributed by atoms with Crippen LogP contribution in [0.5, 0.6) is 0 Å². The van der Waals surface area contributed by atoms with E-state index >= 15 is 0 Å². The molecule has 0 aliphatic heterocycles. The third-order valence-corrected chi connectivity index (χ3v) is 1.90. The van der Waals surface area contributed by atoms with E-state index in [1.807, 2.05) is 6.07 Å². The fourth-order valence-electron chi connectivity index (χ4n) is 1.23. The van der Waals surface area contributed by atoms with Crippen LogP contribution in [0.25, 0.3) is 11.4 Å². The molecule has 0 saturated heterocycles. The zero-order valence-electron chi connectivity index (χ0n) is 7.88. The van der Waals surface area contributed by atoms with E-state index in [-0.39, 0.29) is 0 Å². The highest BCUT2D eigenvalue weighted by atomic mass is 14.9. The van der Waals surface area contributed by atoms with Crippen LogP contribution >= 0.6 is 0 Å². The number of aromatic nitrogens is 2. The fourth-order valence-corrected chi connectivity index (χ4v) is 1.23. The van der Waals surface area contributed by atoms with E-state index in [0.29, 0.717) is 22.9 Å². The Morgan fingerprint density at radius 1 is 1.00 bits per heavy atom. The Balaban J connectivity index is 2.50. The number of pyridine rings is 2. The van der Waals surface area contributed by atoms with Crippen molar-refractivity contribution in [3.63, 3.8) is 0 Å². The topological polar surface area (TPSA) is 75.6 Å². The summed E-state index contributed by atoms with van der Waals surface area (Å²) in [6, 6.07) is 12.5. The third-order valence-electron chi connectivity index (χ3n) is 1.90. The lowest BCUT2D eigenvalue weighted by Crippen LogP contribution is -1.93. The van der Waals surface area contributed by atoms with E-state index in [0.717, 1.165) is 0 Å². The van der Waals surface area contributed by atoms with E-state index in [1.165, 1.54) is 0 Å². The molecule has 15 heavy (non-hydrogen) atoms. The number of nitriles is 1. The minimum absolute atomic E-state index is 0.372. The molecule has 2 heterocycles. The lowest BCUT2D eigenvalue weighted by Gasteiger charge is -2.00. The van der Waals surface area contributed by atoms with Crippen molar-refractivity contribution in [1.29, 1.82) is 5.26 Å². The number of hydrogen-bond donors (Lipinski definition) is 1. The molecule has 0 radical (unpaired) electrons. The molecule has 72 valence electrons. The van der Waals surface area contributed by atoms with Crippen molar-refractivity contribution >= 4 is 5.82 Å². The van der Waals surface area contributed by atoms with Gasteiger partial charge in [-0.2, -0.15) is 5.26 Å². The van der Waals surface area contributed by atoms with Gasteiger partial charge >= 0.3 is 0 Å². The molecule has 2 N–H and O–H groups in total. The molecule has 0 unspecified atom stereocenters. The first kappa shape index (κ1) is 9.16. The molecule has 0 aliphatic rings. The monoisotopic (exact) mass is 196 g/mol. The van der Waals surface area contributed by atoms with E-state index in [2.05, 4.69) is 9.97 Å². The summed E-state index contributed by atoms with van der Waals surface area (Å²) in [5.41, 5.74) is 7.26. The van der Waals surface area contributed by atoms with Crippen molar-refractivity contribution in [3.05, 3.63) is 42.1 Å². The molecule has 4 nitrogen and oxygen atoms in total. The van der Waals surface area contributed by atoms with Gasteiger partial charge in [-0.3, -0.25) is 0 Å². The van der Waals surface area contributed by atoms with Crippen LogP contribution in [0.3, 0.4) is 0 Å². The molecule has 0 fully saturated rings. The van der Waals surface area contributed by atoms with Crippen molar-refractivity contribution in [1.82, 2.24) is 9.97 Å². The minimum Gasteiger partial charge on any atom is -0.384 e. The second-order valence-electron chi connectivity index (χ2n) is 2.97. The quantitative estimate of drug-likeness (QED) is 0.751. The van der Waals surface area contributed by atoms with Gasteiger partial charge in [0.05, 0.1) is 11.4 Å². The average Bonchev–Trinajstić information content (AvgIpc) is 2.29.